The van der Waals surface area contributed by atoms with Gasteiger partial charge in [0.05, 0.1) is 6.10 Å². The monoisotopic (exact) mass is 115 g/mol. The lowest BCUT2D eigenvalue weighted by molar-refractivity contribution is 0.243. The first kappa shape index (κ1) is 7.66. The lowest BCUT2D eigenvalue weighted by atomic mass is 10.3. The lowest BCUT2D eigenvalue weighted by Crippen LogP contribution is -2.11. The van der Waals surface area contributed by atoms with Gasteiger partial charge in [-0.2, -0.15) is 0 Å². The molecule has 0 aliphatic heterocycles. The molecule has 2 nitrogen and oxygen atoms in total. The Balaban J connectivity index is 3.34. The second-order valence-electron chi connectivity index (χ2n) is 1.98. The van der Waals surface area contributed by atoms with Gasteiger partial charge in [0.15, 0.2) is 0 Å². The van der Waals surface area contributed by atoms with Crippen LogP contribution in [0.15, 0.2) is 12.2 Å². The van der Waals surface area contributed by atoms with Gasteiger partial charge >= 0.3 is 0 Å². The first-order valence-electron chi connectivity index (χ1n) is 2.75. The number of hydrogen-bond donors (Lipinski definition) is 2. The zero-order chi connectivity index (χ0) is 6.57. The molecule has 0 aliphatic carbocycles. The van der Waals surface area contributed by atoms with Crippen LogP contribution in [0.1, 0.15) is 13.8 Å². The van der Waals surface area contributed by atoms with Crippen LogP contribution in [-0.4, -0.2) is 17.3 Å². The Labute approximate surface area is 50.0 Å². The number of hydrogen-bond acceptors (Lipinski definition) is 2. The summed E-state index contributed by atoms with van der Waals surface area (Å²) in [6.45, 7) is 3.55. The third-order valence-corrected chi connectivity index (χ3v) is 0.693. The van der Waals surface area contributed by atoms with Gasteiger partial charge in [-0.25, -0.2) is 0 Å². The SMILES string of the molecule is C[C@H](O)/C=C\[C@@H](C)N. The highest BCUT2D eigenvalue weighted by Crippen LogP contribution is 1.84. The van der Waals surface area contributed by atoms with E-state index in [2.05, 4.69) is 0 Å². The van der Waals surface area contributed by atoms with E-state index in [0.29, 0.717) is 0 Å². The molecule has 0 unspecified atom stereocenters. The van der Waals surface area contributed by atoms with Crippen LogP contribution in [0.2, 0.25) is 0 Å². The number of nitrogens with two attached hydrogens (primary N) is 1. The first-order chi connectivity index (χ1) is 3.63. The minimum absolute atomic E-state index is 0.0459. The Morgan fingerprint density at radius 2 is 1.88 bits per heavy atom. The van der Waals surface area contributed by atoms with Crippen molar-refractivity contribution < 1.29 is 5.11 Å². The summed E-state index contributed by atoms with van der Waals surface area (Å²) in [6, 6.07) is 0.0459. The van der Waals surface area contributed by atoms with E-state index in [4.69, 9.17) is 10.8 Å². The lowest BCUT2D eigenvalue weighted by Gasteiger charge is -1.95. The van der Waals surface area contributed by atoms with Crippen molar-refractivity contribution in [1.29, 1.82) is 0 Å². The van der Waals surface area contributed by atoms with E-state index in [1.54, 1.807) is 19.1 Å². The molecule has 0 aliphatic rings. The van der Waals surface area contributed by atoms with Crippen molar-refractivity contribution >= 4 is 0 Å². The molecule has 0 aromatic carbocycles. The average Bonchev–Trinajstić information content (AvgIpc) is 1.61. The number of aliphatic hydroxyl groups excluding tert-OH is 1. The molecule has 48 valence electrons. The highest BCUT2D eigenvalue weighted by Gasteiger charge is 1.86. The molecule has 2 heteroatoms. The van der Waals surface area contributed by atoms with E-state index < -0.39 is 0 Å². The van der Waals surface area contributed by atoms with Crippen molar-refractivity contribution in [2.24, 2.45) is 5.73 Å². The van der Waals surface area contributed by atoms with Crippen LogP contribution in [0.4, 0.5) is 0 Å². The molecule has 3 N–H and O–H groups in total. The van der Waals surface area contributed by atoms with E-state index in [0.717, 1.165) is 0 Å². The van der Waals surface area contributed by atoms with E-state index in [1.807, 2.05) is 6.92 Å². The summed E-state index contributed by atoms with van der Waals surface area (Å²) in [5.41, 5.74) is 5.34. The van der Waals surface area contributed by atoms with Crippen molar-refractivity contribution in [3.8, 4) is 0 Å². The molecule has 0 saturated carbocycles. The maximum atomic E-state index is 8.66. The predicted octanol–water partition coefficient (Wildman–Crippen LogP) is 0.271. The van der Waals surface area contributed by atoms with Gasteiger partial charge in [0.2, 0.25) is 0 Å². The molecule has 0 bridgehead atoms. The molecule has 0 radical (unpaired) electrons. The fourth-order valence-electron chi connectivity index (χ4n) is 0.336. The van der Waals surface area contributed by atoms with Crippen LogP contribution < -0.4 is 5.73 Å². The highest BCUT2D eigenvalue weighted by atomic mass is 16.3. The maximum absolute atomic E-state index is 8.66. The van der Waals surface area contributed by atoms with Gasteiger partial charge in [-0.3, -0.25) is 0 Å². The maximum Gasteiger partial charge on any atom is 0.0693 e. The predicted molar refractivity (Wildman–Crippen MR) is 34.5 cm³/mol. The van der Waals surface area contributed by atoms with Crippen LogP contribution in [0.5, 0.6) is 0 Å². The fourth-order valence-corrected chi connectivity index (χ4v) is 0.336. The van der Waals surface area contributed by atoms with Crippen molar-refractivity contribution in [3.63, 3.8) is 0 Å². The summed E-state index contributed by atoms with van der Waals surface area (Å²) < 4.78 is 0. The van der Waals surface area contributed by atoms with Crippen LogP contribution in [0.3, 0.4) is 0 Å². The fraction of sp³-hybridized carbons (Fsp3) is 0.667. The summed E-state index contributed by atoms with van der Waals surface area (Å²) in [7, 11) is 0. The topological polar surface area (TPSA) is 46.2 Å². The zero-order valence-electron chi connectivity index (χ0n) is 5.33. The second kappa shape index (κ2) is 3.64. The molecule has 0 rings (SSSR count). The summed E-state index contributed by atoms with van der Waals surface area (Å²) in [4.78, 5) is 0. The number of rotatable bonds is 2. The summed E-state index contributed by atoms with van der Waals surface area (Å²) in [6.07, 6.45) is 3.07. The third-order valence-electron chi connectivity index (χ3n) is 0.693. The van der Waals surface area contributed by atoms with Crippen molar-refractivity contribution in [2.75, 3.05) is 0 Å². The van der Waals surface area contributed by atoms with Crippen molar-refractivity contribution in [3.05, 3.63) is 12.2 Å². The average molecular weight is 115 g/mol. The molecule has 0 aromatic heterocycles. The zero-order valence-corrected chi connectivity index (χ0v) is 5.33. The van der Waals surface area contributed by atoms with Crippen LogP contribution in [0.25, 0.3) is 0 Å². The Kier molecular flexibility index (Phi) is 3.48. The molecule has 8 heavy (non-hydrogen) atoms. The smallest absolute Gasteiger partial charge is 0.0693 e. The molecule has 0 fully saturated rings. The molecule has 0 spiro atoms. The van der Waals surface area contributed by atoms with Crippen LogP contribution >= 0.6 is 0 Å². The van der Waals surface area contributed by atoms with Crippen LogP contribution in [-0.2, 0) is 0 Å². The van der Waals surface area contributed by atoms with E-state index in [-0.39, 0.29) is 12.1 Å². The van der Waals surface area contributed by atoms with Gasteiger partial charge in [0.1, 0.15) is 0 Å². The number of aliphatic hydroxyl groups is 1. The molecular weight excluding hydrogens is 102 g/mol. The Morgan fingerprint density at radius 3 is 2.00 bits per heavy atom. The standard InChI is InChI=1S/C6H13NO/c1-5(7)3-4-6(2)8/h3-6,8H,7H2,1-2H3/b4-3-/t5-,6+/m1/s1. The van der Waals surface area contributed by atoms with E-state index >= 15 is 0 Å². The Morgan fingerprint density at radius 1 is 1.38 bits per heavy atom. The minimum atomic E-state index is -0.374. The Hall–Kier alpha value is -0.340. The summed E-state index contributed by atoms with van der Waals surface area (Å²) in [5.74, 6) is 0. The quantitative estimate of drug-likeness (QED) is 0.507. The second-order valence-corrected chi connectivity index (χ2v) is 1.98. The largest absolute Gasteiger partial charge is 0.389 e. The molecule has 0 amide bonds. The van der Waals surface area contributed by atoms with Gasteiger partial charge in [0.25, 0.3) is 0 Å². The molecule has 0 heterocycles. The third kappa shape index (κ3) is 5.66. The summed E-state index contributed by atoms with van der Waals surface area (Å²) >= 11 is 0. The van der Waals surface area contributed by atoms with Gasteiger partial charge in [-0.1, -0.05) is 12.2 Å². The molecule has 0 aromatic rings. The van der Waals surface area contributed by atoms with E-state index in [1.165, 1.54) is 0 Å². The van der Waals surface area contributed by atoms with Crippen molar-refractivity contribution in [2.45, 2.75) is 26.0 Å². The Bertz CT molecular complexity index is 66.6. The minimum Gasteiger partial charge on any atom is -0.389 e. The van der Waals surface area contributed by atoms with E-state index in [9.17, 15) is 0 Å². The van der Waals surface area contributed by atoms with Gasteiger partial charge < -0.3 is 10.8 Å². The van der Waals surface area contributed by atoms with Gasteiger partial charge in [-0.15, -0.1) is 0 Å². The normalized spacial score (nSPS) is 19.0. The van der Waals surface area contributed by atoms with Gasteiger partial charge in [-0.05, 0) is 13.8 Å². The molecule has 0 saturated heterocycles. The first-order valence-corrected chi connectivity index (χ1v) is 2.75. The van der Waals surface area contributed by atoms with Crippen molar-refractivity contribution in [1.82, 2.24) is 0 Å². The van der Waals surface area contributed by atoms with Gasteiger partial charge in [0, 0.05) is 6.04 Å². The summed E-state index contributed by atoms with van der Waals surface area (Å²) in [5, 5.41) is 8.66. The van der Waals surface area contributed by atoms with Crippen LogP contribution in [0, 0.1) is 0 Å². The molecule has 2 atom stereocenters. The molecular formula is C6H13NO. The highest BCUT2D eigenvalue weighted by molar-refractivity contribution is 4.91.